The lowest BCUT2D eigenvalue weighted by molar-refractivity contribution is -0.127. The van der Waals surface area contributed by atoms with Crippen LogP contribution in [-0.4, -0.2) is 23.9 Å². The van der Waals surface area contributed by atoms with Crippen molar-refractivity contribution in [2.24, 2.45) is 5.73 Å². The number of carbonyl (C=O) groups excluding carboxylic acids is 3. The van der Waals surface area contributed by atoms with E-state index in [9.17, 15) is 14.4 Å². The van der Waals surface area contributed by atoms with Gasteiger partial charge in [0.2, 0.25) is 5.91 Å². The predicted molar refractivity (Wildman–Crippen MR) is 121 cm³/mol. The fraction of sp³-hybridized carbons (Fsp3) is 0.125. The quantitative estimate of drug-likeness (QED) is 0.450. The van der Waals surface area contributed by atoms with Crippen molar-refractivity contribution in [3.63, 3.8) is 0 Å². The Kier molecular flexibility index (Phi) is 7.80. The van der Waals surface area contributed by atoms with Crippen LogP contribution in [-0.2, 0) is 20.9 Å². The van der Waals surface area contributed by atoms with Crippen LogP contribution in [0.4, 0.5) is 16.2 Å². The van der Waals surface area contributed by atoms with E-state index in [1.165, 1.54) is 0 Å². The first-order chi connectivity index (χ1) is 15.5. The molecule has 0 saturated carbocycles. The average molecular weight is 432 g/mol. The number of hydrazine groups is 1. The second kappa shape index (κ2) is 11.2. The molecule has 0 heterocycles. The number of carbonyl (C=O) groups is 3. The van der Waals surface area contributed by atoms with Crippen molar-refractivity contribution < 1.29 is 19.1 Å². The molecule has 4 N–H and O–H groups in total. The third-order valence-corrected chi connectivity index (χ3v) is 4.48. The predicted octanol–water partition coefficient (Wildman–Crippen LogP) is 3.03. The lowest BCUT2D eigenvalue weighted by atomic mass is 10.2. The van der Waals surface area contributed by atoms with E-state index in [4.69, 9.17) is 10.5 Å². The fourth-order valence-corrected chi connectivity index (χ4v) is 2.94. The monoisotopic (exact) mass is 432 g/mol. The molecule has 0 unspecified atom stereocenters. The van der Waals surface area contributed by atoms with E-state index >= 15 is 0 Å². The van der Waals surface area contributed by atoms with Crippen LogP contribution in [0.5, 0.6) is 0 Å². The third-order valence-electron chi connectivity index (χ3n) is 4.48. The van der Waals surface area contributed by atoms with Gasteiger partial charge >= 0.3 is 6.09 Å². The minimum atomic E-state index is -1.22. The average Bonchev–Trinajstić information content (AvgIpc) is 2.82. The molecule has 8 heteroatoms. The summed E-state index contributed by atoms with van der Waals surface area (Å²) < 4.78 is 5.17. The van der Waals surface area contributed by atoms with Crippen LogP contribution >= 0.6 is 0 Å². The third kappa shape index (κ3) is 6.60. The van der Waals surface area contributed by atoms with Crippen LogP contribution in [0.2, 0.25) is 0 Å². The van der Waals surface area contributed by atoms with Crippen molar-refractivity contribution in [2.45, 2.75) is 19.1 Å². The van der Waals surface area contributed by atoms with E-state index in [-0.39, 0.29) is 13.0 Å². The Hall–Kier alpha value is -4.33. The Balaban J connectivity index is 1.72. The smallest absolute Gasteiger partial charge is 0.408 e. The second-order valence-corrected chi connectivity index (χ2v) is 6.91. The number of primary amides is 1. The van der Waals surface area contributed by atoms with Gasteiger partial charge < -0.3 is 15.8 Å². The van der Waals surface area contributed by atoms with Crippen molar-refractivity contribution in [3.8, 4) is 0 Å². The standard InChI is InChI=1S/C24H24N4O4/c25-22(29)16-21(26-24(31)32-17-18-10-4-1-5-11-18)23(30)27-28(19-12-6-2-7-13-19)20-14-8-3-9-15-20/h1-15,21H,16-17H2,(H2,25,29)(H,26,31)(H,27,30)/t21-/m0/s1. The molecule has 0 aromatic heterocycles. The Labute approximate surface area is 186 Å². The number of hydrogen-bond donors (Lipinski definition) is 3. The van der Waals surface area contributed by atoms with Crippen LogP contribution in [0.25, 0.3) is 0 Å². The van der Waals surface area contributed by atoms with E-state index in [0.717, 1.165) is 5.56 Å². The molecule has 0 saturated heterocycles. The second-order valence-electron chi connectivity index (χ2n) is 6.91. The highest BCUT2D eigenvalue weighted by Crippen LogP contribution is 2.22. The van der Waals surface area contributed by atoms with Crippen LogP contribution in [0.1, 0.15) is 12.0 Å². The molecule has 3 rings (SSSR count). The number of alkyl carbamates (subject to hydrolysis) is 1. The number of amides is 3. The number of benzene rings is 3. The van der Waals surface area contributed by atoms with Crippen molar-refractivity contribution in [3.05, 3.63) is 96.6 Å². The van der Waals surface area contributed by atoms with E-state index in [1.807, 2.05) is 78.9 Å². The molecule has 0 bridgehead atoms. The van der Waals surface area contributed by atoms with Gasteiger partial charge in [0.25, 0.3) is 5.91 Å². The topological polar surface area (TPSA) is 114 Å². The Morgan fingerprint density at radius 3 is 1.81 bits per heavy atom. The van der Waals surface area contributed by atoms with Gasteiger partial charge in [-0.15, -0.1) is 0 Å². The lowest BCUT2D eigenvalue weighted by Gasteiger charge is -2.27. The first-order valence-electron chi connectivity index (χ1n) is 9.99. The molecule has 0 aliphatic carbocycles. The molecule has 8 nitrogen and oxygen atoms in total. The number of nitrogens with two attached hydrogens (primary N) is 1. The maximum Gasteiger partial charge on any atom is 0.408 e. The van der Waals surface area contributed by atoms with Crippen LogP contribution in [0.15, 0.2) is 91.0 Å². The van der Waals surface area contributed by atoms with E-state index < -0.39 is 23.9 Å². The van der Waals surface area contributed by atoms with Gasteiger partial charge in [-0.1, -0.05) is 66.7 Å². The number of nitrogens with one attached hydrogen (secondary N) is 2. The Morgan fingerprint density at radius 2 is 1.31 bits per heavy atom. The molecular weight excluding hydrogens is 408 g/mol. The van der Waals surface area contributed by atoms with Crippen molar-refractivity contribution >= 4 is 29.3 Å². The molecule has 3 aromatic rings. The maximum atomic E-state index is 13.0. The Morgan fingerprint density at radius 1 is 0.812 bits per heavy atom. The molecule has 164 valence electrons. The van der Waals surface area contributed by atoms with Crippen molar-refractivity contribution in [1.82, 2.24) is 10.7 Å². The molecular formula is C24H24N4O4. The normalized spacial score (nSPS) is 11.1. The molecule has 32 heavy (non-hydrogen) atoms. The van der Waals surface area contributed by atoms with Crippen LogP contribution < -0.4 is 21.5 Å². The van der Waals surface area contributed by atoms with E-state index in [2.05, 4.69) is 10.7 Å². The highest BCUT2D eigenvalue weighted by Gasteiger charge is 2.26. The van der Waals surface area contributed by atoms with E-state index in [0.29, 0.717) is 11.4 Å². The number of hydrogen-bond acceptors (Lipinski definition) is 5. The van der Waals surface area contributed by atoms with Gasteiger partial charge in [0, 0.05) is 0 Å². The summed E-state index contributed by atoms with van der Waals surface area (Å²) in [5, 5.41) is 3.99. The summed E-state index contributed by atoms with van der Waals surface area (Å²) in [7, 11) is 0. The first-order valence-corrected chi connectivity index (χ1v) is 9.99. The largest absolute Gasteiger partial charge is 0.445 e. The summed E-state index contributed by atoms with van der Waals surface area (Å²) in [5.41, 5.74) is 10.2. The zero-order valence-corrected chi connectivity index (χ0v) is 17.3. The van der Waals surface area contributed by atoms with E-state index in [1.54, 1.807) is 17.1 Å². The summed E-state index contributed by atoms with van der Waals surface area (Å²) in [6.07, 6.45) is -1.22. The minimum Gasteiger partial charge on any atom is -0.445 e. The number of rotatable bonds is 9. The van der Waals surface area contributed by atoms with Crippen LogP contribution in [0.3, 0.4) is 0 Å². The van der Waals surface area contributed by atoms with Gasteiger partial charge in [0.15, 0.2) is 0 Å². The van der Waals surface area contributed by atoms with Crippen molar-refractivity contribution in [1.29, 1.82) is 0 Å². The van der Waals surface area contributed by atoms with Crippen molar-refractivity contribution in [2.75, 3.05) is 5.01 Å². The SMILES string of the molecule is NC(=O)C[C@H](NC(=O)OCc1ccccc1)C(=O)NN(c1ccccc1)c1ccccc1. The van der Waals surface area contributed by atoms with Gasteiger partial charge in [-0.05, 0) is 29.8 Å². The molecule has 0 fully saturated rings. The summed E-state index contributed by atoms with van der Waals surface area (Å²) >= 11 is 0. The molecule has 1 atom stereocenters. The zero-order valence-electron chi connectivity index (χ0n) is 17.3. The lowest BCUT2D eigenvalue weighted by Crippen LogP contribution is -2.52. The van der Waals surface area contributed by atoms with Gasteiger partial charge in [0.1, 0.15) is 12.6 Å². The summed E-state index contributed by atoms with van der Waals surface area (Å²) in [6, 6.07) is 26.2. The molecule has 0 aliphatic heterocycles. The highest BCUT2D eigenvalue weighted by atomic mass is 16.5. The first kappa shape index (κ1) is 22.4. The van der Waals surface area contributed by atoms with Gasteiger partial charge in [-0.25, -0.2) is 4.79 Å². The van der Waals surface area contributed by atoms with Gasteiger partial charge in [0.05, 0.1) is 17.8 Å². The number of nitrogens with zero attached hydrogens (tertiary/aromatic N) is 1. The Bertz CT molecular complexity index is 990. The number of para-hydroxylation sites is 2. The highest BCUT2D eigenvalue weighted by molar-refractivity contribution is 5.92. The molecule has 0 radical (unpaired) electrons. The molecule has 3 aromatic carbocycles. The van der Waals surface area contributed by atoms with Crippen LogP contribution in [0, 0.1) is 0 Å². The summed E-state index contributed by atoms with van der Waals surface area (Å²) in [5.74, 6) is -1.35. The number of anilines is 2. The minimum absolute atomic E-state index is 0.0255. The zero-order chi connectivity index (χ0) is 22.8. The molecule has 3 amide bonds. The molecule has 0 spiro atoms. The van der Waals surface area contributed by atoms with Gasteiger partial charge in [-0.3, -0.25) is 20.0 Å². The summed E-state index contributed by atoms with van der Waals surface area (Å²) in [4.78, 5) is 36.8. The number of ether oxygens (including phenoxy) is 1. The molecule has 0 aliphatic rings. The van der Waals surface area contributed by atoms with Gasteiger partial charge in [-0.2, -0.15) is 0 Å². The maximum absolute atomic E-state index is 13.0. The summed E-state index contributed by atoms with van der Waals surface area (Å²) in [6.45, 7) is 0.0255. The fourth-order valence-electron chi connectivity index (χ4n) is 2.94.